The molecule has 0 amide bonds. The molecule has 0 aromatic heterocycles. The Kier molecular flexibility index (Phi) is 3.69. The van der Waals surface area contributed by atoms with Gasteiger partial charge in [-0.15, -0.1) is 0 Å². The van der Waals surface area contributed by atoms with E-state index in [1.807, 2.05) is 5.06 Å². The van der Waals surface area contributed by atoms with Gasteiger partial charge in [0.25, 0.3) is 0 Å². The molecule has 3 aromatic rings. The van der Waals surface area contributed by atoms with Gasteiger partial charge in [-0.1, -0.05) is 72.8 Å². The Bertz CT molecular complexity index is 1010. The quantitative estimate of drug-likeness (QED) is 0.632. The minimum absolute atomic E-state index is 0.204. The van der Waals surface area contributed by atoms with Crippen molar-refractivity contribution in [2.24, 2.45) is 17.8 Å². The summed E-state index contributed by atoms with van der Waals surface area (Å²) in [6, 6.07) is 26.4. The highest BCUT2D eigenvalue weighted by molar-refractivity contribution is 5.86. The average molecular weight is 370 g/mol. The summed E-state index contributed by atoms with van der Waals surface area (Å²) in [5.74, 6) is 2.02. The number of hydrogen-bond donors (Lipinski definition) is 1. The van der Waals surface area contributed by atoms with E-state index >= 15 is 0 Å². The van der Waals surface area contributed by atoms with Crippen molar-refractivity contribution in [3.05, 3.63) is 83.9 Å². The zero-order valence-corrected chi connectivity index (χ0v) is 16.2. The maximum absolute atomic E-state index is 11.6. The van der Waals surface area contributed by atoms with Crippen molar-refractivity contribution < 1.29 is 5.21 Å². The van der Waals surface area contributed by atoms with Crippen LogP contribution in [0.5, 0.6) is 0 Å². The van der Waals surface area contributed by atoms with Gasteiger partial charge in [0.1, 0.15) is 0 Å². The first kappa shape index (κ1) is 16.8. The molecule has 4 bridgehead atoms. The normalized spacial score (nSPS) is 34.2. The summed E-state index contributed by atoms with van der Waals surface area (Å²) in [7, 11) is 0. The van der Waals surface area contributed by atoms with Gasteiger partial charge in [-0.05, 0) is 71.8 Å². The lowest BCUT2D eigenvalue weighted by Crippen LogP contribution is -2.66. The highest BCUT2D eigenvalue weighted by atomic mass is 16.5. The highest BCUT2D eigenvalue weighted by Gasteiger charge is 2.60. The molecule has 142 valence electrons. The van der Waals surface area contributed by atoms with E-state index in [1.165, 1.54) is 28.3 Å². The molecule has 2 aliphatic carbocycles. The van der Waals surface area contributed by atoms with Gasteiger partial charge in [0.05, 0.1) is 5.54 Å². The number of fused-ring (bicyclic) bond motifs is 1. The topological polar surface area (TPSA) is 23.5 Å². The molecular weight excluding hydrogens is 342 g/mol. The molecule has 0 radical (unpaired) electrons. The Morgan fingerprint density at radius 3 is 2.54 bits per heavy atom. The van der Waals surface area contributed by atoms with Crippen molar-refractivity contribution in [2.45, 2.75) is 43.7 Å². The molecule has 2 heteroatoms. The van der Waals surface area contributed by atoms with Crippen molar-refractivity contribution in [3.63, 3.8) is 0 Å². The summed E-state index contributed by atoms with van der Waals surface area (Å²) < 4.78 is 0. The van der Waals surface area contributed by atoms with Crippen LogP contribution in [0.3, 0.4) is 0 Å². The van der Waals surface area contributed by atoms with E-state index < -0.39 is 0 Å². The number of rotatable bonds is 3. The second-order valence-electron chi connectivity index (χ2n) is 9.33. The Morgan fingerprint density at radius 1 is 0.857 bits per heavy atom. The molecule has 4 aliphatic rings. The molecule has 2 nitrogen and oxygen atoms in total. The molecule has 2 saturated heterocycles. The van der Waals surface area contributed by atoms with Crippen LogP contribution in [0.15, 0.2) is 72.8 Å². The van der Waals surface area contributed by atoms with Crippen LogP contribution in [0, 0.1) is 17.8 Å². The third kappa shape index (κ3) is 2.34. The number of hydrogen-bond acceptors (Lipinski definition) is 2. The first-order valence-corrected chi connectivity index (χ1v) is 10.7. The van der Waals surface area contributed by atoms with E-state index in [-0.39, 0.29) is 11.6 Å². The molecule has 0 unspecified atom stereocenters. The van der Waals surface area contributed by atoms with Gasteiger partial charge in [0, 0.05) is 6.04 Å². The van der Waals surface area contributed by atoms with E-state index in [9.17, 15) is 5.21 Å². The number of nitrogens with zero attached hydrogens (tertiary/aromatic N) is 1. The van der Waals surface area contributed by atoms with Crippen LogP contribution < -0.4 is 0 Å². The van der Waals surface area contributed by atoms with E-state index in [4.69, 9.17) is 0 Å². The fraction of sp³-hybridized carbons (Fsp3) is 0.385. The lowest BCUT2D eigenvalue weighted by molar-refractivity contribution is -0.298. The number of piperidine rings is 2. The first-order chi connectivity index (χ1) is 13.7. The Labute approximate surface area is 166 Å². The van der Waals surface area contributed by atoms with E-state index in [0.29, 0.717) is 11.8 Å². The van der Waals surface area contributed by atoms with Crippen molar-refractivity contribution >= 4 is 10.8 Å². The molecule has 2 saturated carbocycles. The van der Waals surface area contributed by atoms with Crippen molar-refractivity contribution in [3.8, 4) is 0 Å². The predicted molar refractivity (Wildman–Crippen MR) is 112 cm³/mol. The molecule has 0 spiro atoms. The summed E-state index contributed by atoms with van der Waals surface area (Å²) in [5.41, 5.74) is 2.54. The van der Waals surface area contributed by atoms with Gasteiger partial charge in [-0.3, -0.25) is 0 Å². The summed E-state index contributed by atoms with van der Waals surface area (Å²) >= 11 is 0. The molecule has 1 N–H and O–H groups in total. The predicted octanol–water partition coefficient (Wildman–Crippen LogP) is 5.79. The van der Waals surface area contributed by atoms with Gasteiger partial charge < -0.3 is 5.21 Å². The molecule has 3 aromatic carbocycles. The van der Waals surface area contributed by atoms with Crippen molar-refractivity contribution in [1.29, 1.82) is 0 Å². The maximum atomic E-state index is 11.6. The van der Waals surface area contributed by atoms with Crippen LogP contribution >= 0.6 is 0 Å². The zero-order chi connectivity index (χ0) is 18.7. The van der Waals surface area contributed by atoms with Crippen LogP contribution in [0.1, 0.15) is 36.8 Å². The SMILES string of the molecule is ON1[C@@H]2C[C@H]3C[C@H](C[C@]1(c1cccc4ccccc14)C3)[C@@H]2Cc1ccccc1. The fourth-order valence-corrected chi connectivity index (χ4v) is 6.87. The monoisotopic (exact) mass is 369 g/mol. The standard InChI is InChI=1S/C26H27NO/c28-27-25-15-19-13-21(23(25)14-18-7-2-1-3-8-18)17-26(27,16-19)24-12-6-10-20-9-4-5-11-22(20)24/h1-12,19,21,23,25,28H,13-17H2/t19-,21-,23+,25-,26+/m1/s1. The summed E-state index contributed by atoms with van der Waals surface area (Å²) in [4.78, 5) is 0. The maximum Gasteiger partial charge on any atom is 0.0723 e. The summed E-state index contributed by atoms with van der Waals surface area (Å²) in [6.45, 7) is 0. The summed E-state index contributed by atoms with van der Waals surface area (Å²) in [6.07, 6.45) is 5.77. The van der Waals surface area contributed by atoms with Crippen LogP contribution in [0.4, 0.5) is 0 Å². The minimum atomic E-state index is -0.204. The van der Waals surface area contributed by atoms with E-state index in [1.54, 1.807) is 0 Å². The zero-order valence-electron chi connectivity index (χ0n) is 16.2. The van der Waals surface area contributed by atoms with Gasteiger partial charge in [-0.25, -0.2) is 0 Å². The average Bonchev–Trinajstić information content (AvgIpc) is 2.74. The third-order valence-corrected chi connectivity index (χ3v) is 7.89. The van der Waals surface area contributed by atoms with E-state index in [2.05, 4.69) is 72.8 Å². The van der Waals surface area contributed by atoms with Gasteiger partial charge >= 0.3 is 0 Å². The van der Waals surface area contributed by atoms with Crippen LogP contribution in [0.25, 0.3) is 10.8 Å². The fourth-order valence-electron chi connectivity index (χ4n) is 6.87. The van der Waals surface area contributed by atoms with Crippen LogP contribution in [-0.2, 0) is 12.0 Å². The largest absolute Gasteiger partial charge is 0.313 e. The highest BCUT2D eigenvalue weighted by Crippen LogP contribution is 2.61. The molecule has 2 heterocycles. The smallest absolute Gasteiger partial charge is 0.0723 e. The lowest BCUT2D eigenvalue weighted by Gasteiger charge is -2.64. The van der Waals surface area contributed by atoms with Crippen LogP contribution in [-0.4, -0.2) is 16.3 Å². The third-order valence-electron chi connectivity index (χ3n) is 7.89. The number of benzene rings is 3. The molecule has 28 heavy (non-hydrogen) atoms. The first-order valence-electron chi connectivity index (χ1n) is 10.7. The molecule has 7 rings (SSSR count). The minimum Gasteiger partial charge on any atom is -0.313 e. The second-order valence-corrected chi connectivity index (χ2v) is 9.33. The van der Waals surface area contributed by atoms with Gasteiger partial charge in [0.15, 0.2) is 0 Å². The molecule has 2 aliphatic heterocycles. The number of hydroxylamine groups is 2. The van der Waals surface area contributed by atoms with Crippen LogP contribution in [0.2, 0.25) is 0 Å². The summed E-state index contributed by atoms with van der Waals surface area (Å²) in [5, 5.41) is 16.0. The lowest BCUT2D eigenvalue weighted by atomic mass is 9.52. The second kappa shape index (κ2) is 6.17. The van der Waals surface area contributed by atoms with Crippen molar-refractivity contribution in [1.82, 2.24) is 5.06 Å². The Morgan fingerprint density at radius 2 is 1.64 bits per heavy atom. The Balaban J connectivity index is 1.42. The van der Waals surface area contributed by atoms with Gasteiger partial charge in [-0.2, -0.15) is 5.06 Å². The van der Waals surface area contributed by atoms with Crippen molar-refractivity contribution in [2.75, 3.05) is 0 Å². The molecule has 5 atom stereocenters. The Hall–Kier alpha value is -2.16. The van der Waals surface area contributed by atoms with E-state index in [0.717, 1.165) is 31.6 Å². The van der Waals surface area contributed by atoms with Gasteiger partial charge in [0.2, 0.25) is 0 Å². The molecule has 4 fully saturated rings. The molecular formula is C26H27NO.